The van der Waals surface area contributed by atoms with E-state index in [9.17, 15) is 22.8 Å². The van der Waals surface area contributed by atoms with E-state index in [0.717, 1.165) is 12.1 Å². The molecule has 0 unspecified atom stereocenters. The van der Waals surface area contributed by atoms with Crippen LogP contribution in [0.25, 0.3) is 17.2 Å². The smallest absolute Gasteiger partial charge is 0.478 e. The first-order valence-electron chi connectivity index (χ1n) is 9.21. The number of halogens is 3. The van der Waals surface area contributed by atoms with Crippen LogP contribution in [-0.2, 0) is 9.59 Å². The van der Waals surface area contributed by atoms with Crippen molar-refractivity contribution in [3.05, 3.63) is 47.5 Å². The lowest BCUT2D eigenvalue weighted by atomic mass is 9.95. The van der Waals surface area contributed by atoms with Gasteiger partial charge >= 0.3 is 12.3 Å². The lowest BCUT2D eigenvalue weighted by molar-refractivity contribution is -0.274. The number of carbonyl (C=O) groups is 2. The number of ether oxygens (including phenoxy) is 2. The van der Waals surface area contributed by atoms with Crippen LogP contribution in [0.4, 0.5) is 18.9 Å². The highest BCUT2D eigenvalue weighted by atomic mass is 19.4. The molecule has 0 atom stereocenters. The van der Waals surface area contributed by atoms with Crippen molar-refractivity contribution < 1.29 is 37.3 Å². The Morgan fingerprint density at radius 2 is 1.87 bits per heavy atom. The maximum absolute atomic E-state index is 13.0. The Labute approximate surface area is 176 Å². The van der Waals surface area contributed by atoms with Crippen molar-refractivity contribution >= 4 is 23.6 Å². The van der Waals surface area contributed by atoms with E-state index >= 15 is 0 Å². The molecule has 9 heteroatoms. The predicted octanol–water partition coefficient (Wildman–Crippen LogP) is 4.79. The quantitative estimate of drug-likeness (QED) is 0.699. The summed E-state index contributed by atoms with van der Waals surface area (Å²) < 4.78 is 48.9. The van der Waals surface area contributed by atoms with Gasteiger partial charge in [0.15, 0.2) is 5.60 Å². The molecule has 1 N–H and O–H groups in total. The lowest BCUT2D eigenvalue weighted by Crippen LogP contribution is -2.50. The zero-order valence-corrected chi connectivity index (χ0v) is 17.2. The molecule has 1 amide bonds. The molecule has 0 spiro atoms. The third-order valence-electron chi connectivity index (χ3n) is 4.79. The number of likely N-dealkylation sites (N-methyl/N-ethyl adjacent to an activating group) is 1. The van der Waals surface area contributed by atoms with Crippen LogP contribution < -0.4 is 14.4 Å². The summed E-state index contributed by atoms with van der Waals surface area (Å²) in [4.78, 5) is 24.8. The molecule has 2 aromatic carbocycles. The van der Waals surface area contributed by atoms with Gasteiger partial charge in [-0.05, 0) is 67.8 Å². The first-order valence-corrected chi connectivity index (χ1v) is 9.21. The van der Waals surface area contributed by atoms with E-state index in [1.54, 1.807) is 40.0 Å². The molecule has 1 aliphatic rings. The highest BCUT2D eigenvalue weighted by molar-refractivity contribution is 6.03. The van der Waals surface area contributed by atoms with Gasteiger partial charge in [0.2, 0.25) is 0 Å². The van der Waals surface area contributed by atoms with Gasteiger partial charge in [0.05, 0.1) is 5.69 Å². The zero-order valence-electron chi connectivity index (χ0n) is 17.2. The monoisotopic (exact) mass is 435 g/mol. The summed E-state index contributed by atoms with van der Waals surface area (Å²) in [5, 5.41) is 8.83. The van der Waals surface area contributed by atoms with Crippen LogP contribution in [0.3, 0.4) is 0 Å². The summed E-state index contributed by atoms with van der Waals surface area (Å²) in [7, 11) is 1.56. The van der Waals surface area contributed by atoms with Gasteiger partial charge in [0.1, 0.15) is 11.5 Å². The fraction of sp³-hybridized carbons (Fsp3) is 0.273. The number of nitrogens with zero attached hydrogens (tertiary/aromatic N) is 1. The van der Waals surface area contributed by atoms with Crippen molar-refractivity contribution in [1.82, 2.24) is 0 Å². The van der Waals surface area contributed by atoms with E-state index in [1.807, 2.05) is 0 Å². The van der Waals surface area contributed by atoms with Crippen molar-refractivity contribution in [3.63, 3.8) is 0 Å². The van der Waals surface area contributed by atoms with Crippen LogP contribution in [0, 0.1) is 6.92 Å². The number of carboxylic acids is 1. The fourth-order valence-electron chi connectivity index (χ4n) is 3.38. The number of rotatable bonds is 4. The molecule has 3 rings (SSSR count). The normalized spacial score (nSPS) is 15.6. The fourth-order valence-corrected chi connectivity index (χ4v) is 3.38. The first kappa shape index (κ1) is 22.2. The van der Waals surface area contributed by atoms with Gasteiger partial charge in [-0.15, -0.1) is 13.2 Å². The van der Waals surface area contributed by atoms with E-state index < -0.39 is 23.7 Å². The molecule has 31 heavy (non-hydrogen) atoms. The number of fused-ring (bicyclic) bond motifs is 1. The van der Waals surface area contributed by atoms with Crippen LogP contribution in [-0.4, -0.2) is 36.0 Å². The Balaban J connectivity index is 2.19. The Kier molecular flexibility index (Phi) is 5.47. The highest BCUT2D eigenvalue weighted by Crippen LogP contribution is 2.44. The third kappa shape index (κ3) is 4.65. The lowest BCUT2D eigenvalue weighted by Gasteiger charge is -2.37. The van der Waals surface area contributed by atoms with E-state index in [-0.39, 0.29) is 11.5 Å². The second-order valence-corrected chi connectivity index (χ2v) is 7.59. The van der Waals surface area contributed by atoms with Crippen LogP contribution in [0.15, 0.2) is 36.4 Å². The number of benzene rings is 2. The third-order valence-corrected chi connectivity index (χ3v) is 4.79. The molecule has 0 saturated carbocycles. The molecule has 0 bridgehead atoms. The average Bonchev–Trinajstić information content (AvgIpc) is 2.64. The first-order chi connectivity index (χ1) is 14.3. The number of anilines is 1. The topological polar surface area (TPSA) is 76.1 Å². The van der Waals surface area contributed by atoms with Gasteiger partial charge in [-0.2, -0.15) is 0 Å². The van der Waals surface area contributed by atoms with Gasteiger partial charge in [-0.1, -0.05) is 6.07 Å². The van der Waals surface area contributed by atoms with Crippen molar-refractivity contribution in [1.29, 1.82) is 0 Å². The molecular weight excluding hydrogens is 415 g/mol. The Hall–Kier alpha value is -3.49. The summed E-state index contributed by atoms with van der Waals surface area (Å²) in [5.74, 6) is -1.52. The standard InChI is InChI=1S/C22H20F3NO5/c1-12-9-18-16(26(4)20(29)21(2,3)30-18)11-14(12)15-10-13(6-8-19(27)28)5-7-17(15)31-22(23,24)25/h5-11H,1-4H3,(H,27,28). The molecule has 0 aromatic heterocycles. The Bertz CT molecular complexity index is 1090. The number of hydrogen-bond donors (Lipinski definition) is 1. The number of hydrogen-bond acceptors (Lipinski definition) is 4. The van der Waals surface area contributed by atoms with Gasteiger partial charge in [0.25, 0.3) is 5.91 Å². The molecular formula is C22H20F3NO5. The molecule has 0 fully saturated rings. The molecule has 0 saturated heterocycles. The van der Waals surface area contributed by atoms with Crippen molar-refractivity contribution in [2.24, 2.45) is 0 Å². The van der Waals surface area contributed by atoms with E-state index in [4.69, 9.17) is 9.84 Å². The molecule has 1 aliphatic heterocycles. The molecule has 2 aromatic rings. The van der Waals surface area contributed by atoms with Crippen LogP contribution >= 0.6 is 0 Å². The number of aryl methyl sites for hydroxylation is 1. The van der Waals surface area contributed by atoms with Crippen LogP contribution in [0.1, 0.15) is 25.0 Å². The number of carbonyl (C=O) groups excluding carboxylic acids is 1. The molecule has 0 aliphatic carbocycles. The number of alkyl halides is 3. The summed E-state index contributed by atoms with van der Waals surface area (Å²) in [6, 6.07) is 7.04. The SMILES string of the molecule is Cc1cc2c(cc1-c1cc(C=CC(=O)O)ccc1OC(F)(F)F)N(C)C(=O)C(C)(C)O2. The van der Waals surface area contributed by atoms with E-state index in [2.05, 4.69) is 4.74 Å². The summed E-state index contributed by atoms with van der Waals surface area (Å²) in [6.07, 6.45) is -2.78. The Morgan fingerprint density at radius 1 is 1.19 bits per heavy atom. The van der Waals surface area contributed by atoms with Crippen LogP contribution in [0.2, 0.25) is 0 Å². The minimum atomic E-state index is -4.92. The van der Waals surface area contributed by atoms with Gasteiger partial charge < -0.3 is 19.5 Å². The van der Waals surface area contributed by atoms with Gasteiger partial charge in [0, 0.05) is 18.7 Å². The minimum Gasteiger partial charge on any atom is -0.478 e. The largest absolute Gasteiger partial charge is 0.573 e. The van der Waals surface area contributed by atoms with Crippen molar-refractivity contribution in [2.75, 3.05) is 11.9 Å². The molecule has 1 heterocycles. The van der Waals surface area contributed by atoms with Gasteiger partial charge in [-0.25, -0.2) is 4.79 Å². The van der Waals surface area contributed by atoms with Crippen molar-refractivity contribution in [3.8, 4) is 22.6 Å². The van der Waals surface area contributed by atoms with Crippen molar-refractivity contribution in [2.45, 2.75) is 32.7 Å². The van der Waals surface area contributed by atoms with Gasteiger partial charge in [-0.3, -0.25) is 4.79 Å². The highest BCUT2D eigenvalue weighted by Gasteiger charge is 2.40. The molecule has 0 radical (unpaired) electrons. The summed E-state index contributed by atoms with van der Waals surface area (Å²) in [5.41, 5.74) is 0.744. The van der Waals surface area contributed by atoms with E-state index in [1.165, 1.54) is 23.1 Å². The summed E-state index contributed by atoms with van der Waals surface area (Å²) >= 11 is 0. The maximum atomic E-state index is 13.0. The predicted molar refractivity (Wildman–Crippen MR) is 108 cm³/mol. The second-order valence-electron chi connectivity index (χ2n) is 7.59. The minimum absolute atomic E-state index is 0.0934. The summed E-state index contributed by atoms with van der Waals surface area (Å²) in [6.45, 7) is 4.95. The molecule has 164 valence electrons. The number of amides is 1. The van der Waals surface area contributed by atoms with E-state index in [0.29, 0.717) is 28.1 Å². The van der Waals surface area contributed by atoms with Crippen LogP contribution in [0.5, 0.6) is 11.5 Å². The Morgan fingerprint density at radius 3 is 2.48 bits per heavy atom. The number of aliphatic carboxylic acids is 1. The average molecular weight is 435 g/mol. The second kappa shape index (κ2) is 7.64. The zero-order chi connectivity index (χ0) is 23.1. The molecule has 6 nitrogen and oxygen atoms in total. The number of carboxylic acid groups (broad SMARTS) is 1. The maximum Gasteiger partial charge on any atom is 0.573 e.